The van der Waals surface area contributed by atoms with Gasteiger partial charge in [0.2, 0.25) is 0 Å². The van der Waals surface area contributed by atoms with Crippen LogP contribution in [-0.2, 0) is 4.74 Å². The molecule has 1 heterocycles. The number of nitrogens with zero attached hydrogens (tertiary/aromatic N) is 2. The summed E-state index contributed by atoms with van der Waals surface area (Å²) in [5.74, 6) is 0. The maximum Gasteiger partial charge on any atom is 0.0891 e. The summed E-state index contributed by atoms with van der Waals surface area (Å²) < 4.78 is 5.44. The number of hydrogen-bond acceptors (Lipinski definition) is 3. The fourth-order valence-electron chi connectivity index (χ4n) is 1.37. The lowest BCUT2D eigenvalue weighted by Gasteiger charge is -2.21. The van der Waals surface area contributed by atoms with Gasteiger partial charge in [-0.1, -0.05) is 0 Å². The molecule has 1 atom stereocenters. The Balaban J connectivity index is 2.19. The van der Waals surface area contributed by atoms with Gasteiger partial charge in [0.25, 0.3) is 0 Å². The molecule has 3 nitrogen and oxygen atoms in total. The van der Waals surface area contributed by atoms with Gasteiger partial charge in [0.1, 0.15) is 0 Å². The second-order valence-electron chi connectivity index (χ2n) is 3.23. The van der Waals surface area contributed by atoms with Gasteiger partial charge in [-0.05, 0) is 13.8 Å². The van der Waals surface area contributed by atoms with E-state index in [-0.39, 0.29) is 0 Å². The Morgan fingerprint density at radius 3 is 2.75 bits per heavy atom. The van der Waals surface area contributed by atoms with Crippen LogP contribution in [0.25, 0.3) is 0 Å². The first-order valence-corrected chi connectivity index (χ1v) is 4.46. The molecule has 0 N–H and O–H groups in total. The average Bonchev–Trinajstić information content (AvgIpc) is 2.36. The Morgan fingerprint density at radius 1 is 1.50 bits per heavy atom. The second kappa shape index (κ2) is 4.36. The monoisotopic (exact) mass is 170 g/mol. The van der Waals surface area contributed by atoms with E-state index in [4.69, 9.17) is 4.74 Å². The normalized spacial score (nSPS) is 18.9. The molecule has 0 radical (unpaired) electrons. The van der Waals surface area contributed by atoms with Gasteiger partial charge in [0, 0.05) is 32.6 Å². The molecule has 0 bridgehead atoms. The van der Waals surface area contributed by atoms with Crippen molar-refractivity contribution in [3.8, 4) is 0 Å². The van der Waals surface area contributed by atoms with E-state index in [1.54, 1.807) is 0 Å². The van der Waals surface area contributed by atoms with Gasteiger partial charge >= 0.3 is 0 Å². The van der Waals surface area contributed by atoms with E-state index >= 15 is 0 Å². The largest absolute Gasteiger partial charge is 0.377 e. The van der Waals surface area contributed by atoms with Crippen molar-refractivity contribution < 1.29 is 4.74 Å². The zero-order chi connectivity index (χ0) is 8.97. The highest BCUT2D eigenvalue weighted by Crippen LogP contribution is 2.05. The fourth-order valence-corrected chi connectivity index (χ4v) is 1.37. The predicted octanol–water partition coefficient (Wildman–Crippen LogP) is 1.09. The molecule has 0 aliphatic carbocycles. The van der Waals surface area contributed by atoms with Crippen molar-refractivity contribution in [1.82, 2.24) is 9.80 Å². The number of hydrogen-bond donors (Lipinski definition) is 0. The Bertz CT molecular complexity index is 159. The second-order valence-corrected chi connectivity index (χ2v) is 3.23. The van der Waals surface area contributed by atoms with Crippen molar-refractivity contribution in [3.05, 3.63) is 12.4 Å². The van der Waals surface area contributed by atoms with Crippen LogP contribution in [-0.4, -0.2) is 42.8 Å². The van der Waals surface area contributed by atoms with Gasteiger partial charge in [0.15, 0.2) is 0 Å². The Hall–Kier alpha value is -0.700. The van der Waals surface area contributed by atoms with E-state index in [1.165, 1.54) is 0 Å². The minimum Gasteiger partial charge on any atom is -0.377 e. The molecule has 12 heavy (non-hydrogen) atoms. The molecule has 0 spiro atoms. The third kappa shape index (κ3) is 2.74. The van der Waals surface area contributed by atoms with E-state index < -0.39 is 0 Å². The van der Waals surface area contributed by atoms with Gasteiger partial charge in [-0.15, -0.1) is 0 Å². The molecule has 0 aromatic rings. The lowest BCUT2D eigenvalue weighted by Crippen LogP contribution is -2.30. The maximum absolute atomic E-state index is 5.44. The summed E-state index contributed by atoms with van der Waals surface area (Å²) in [4.78, 5) is 4.40. The molecular formula is C9H18N2O. The highest BCUT2D eigenvalue weighted by atomic mass is 16.5. The first kappa shape index (κ1) is 9.39. The molecule has 3 heteroatoms. The van der Waals surface area contributed by atoms with Gasteiger partial charge in [-0.25, -0.2) is 0 Å². The Labute approximate surface area is 74.6 Å². The van der Waals surface area contributed by atoms with E-state index in [2.05, 4.69) is 36.2 Å². The smallest absolute Gasteiger partial charge is 0.0891 e. The third-order valence-corrected chi connectivity index (χ3v) is 1.88. The Morgan fingerprint density at radius 2 is 2.25 bits per heavy atom. The molecule has 1 rings (SSSR count). The molecular weight excluding hydrogens is 152 g/mol. The molecule has 0 fully saturated rings. The Kier molecular flexibility index (Phi) is 3.41. The van der Waals surface area contributed by atoms with E-state index in [0.717, 1.165) is 19.8 Å². The van der Waals surface area contributed by atoms with Crippen molar-refractivity contribution in [2.24, 2.45) is 0 Å². The fraction of sp³-hybridized carbons (Fsp3) is 0.778. The van der Waals surface area contributed by atoms with Crippen LogP contribution in [0.3, 0.4) is 0 Å². The molecule has 1 unspecified atom stereocenters. The standard InChI is InChI=1S/C9H18N2O/c1-4-12-9(2)7-11-6-5-10(3)8-11/h5-6,9H,4,7-8H2,1-3H3. The zero-order valence-electron chi connectivity index (χ0n) is 8.16. The molecule has 0 saturated carbocycles. The first-order chi connectivity index (χ1) is 5.72. The average molecular weight is 170 g/mol. The van der Waals surface area contributed by atoms with Gasteiger partial charge in [-0.3, -0.25) is 0 Å². The van der Waals surface area contributed by atoms with Crippen LogP contribution >= 0.6 is 0 Å². The minimum atomic E-state index is 0.325. The molecule has 1 aliphatic rings. The van der Waals surface area contributed by atoms with Crippen LogP contribution < -0.4 is 0 Å². The summed E-state index contributed by atoms with van der Waals surface area (Å²) in [5, 5.41) is 0. The van der Waals surface area contributed by atoms with Gasteiger partial charge in [0.05, 0.1) is 12.8 Å². The van der Waals surface area contributed by atoms with Gasteiger partial charge < -0.3 is 14.5 Å². The van der Waals surface area contributed by atoms with Gasteiger partial charge in [-0.2, -0.15) is 0 Å². The SMILES string of the molecule is CCOC(C)CN1C=CN(C)C1. The zero-order valence-corrected chi connectivity index (χ0v) is 8.16. The summed E-state index contributed by atoms with van der Waals surface area (Å²) in [6.07, 6.45) is 4.51. The highest BCUT2D eigenvalue weighted by Gasteiger charge is 2.11. The lowest BCUT2D eigenvalue weighted by molar-refractivity contribution is 0.0536. The van der Waals surface area contributed by atoms with E-state index in [1.807, 2.05) is 6.92 Å². The summed E-state index contributed by atoms with van der Waals surface area (Å²) >= 11 is 0. The van der Waals surface area contributed by atoms with Crippen LogP contribution in [0, 0.1) is 0 Å². The van der Waals surface area contributed by atoms with Crippen molar-refractivity contribution >= 4 is 0 Å². The quantitative estimate of drug-likeness (QED) is 0.628. The molecule has 0 amide bonds. The molecule has 0 saturated heterocycles. The van der Waals surface area contributed by atoms with E-state index in [9.17, 15) is 0 Å². The van der Waals surface area contributed by atoms with Crippen LogP contribution in [0.15, 0.2) is 12.4 Å². The van der Waals surface area contributed by atoms with Crippen molar-refractivity contribution in [2.75, 3.05) is 26.9 Å². The summed E-state index contributed by atoms with van der Waals surface area (Å²) in [6, 6.07) is 0. The highest BCUT2D eigenvalue weighted by molar-refractivity contribution is 4.89. The summed E-state index contributed by atoms with van der Waals surface area (Å²) in [5.41, 5.74) is 0. The van der Waals surface area contributed by atoms with Crippen molar-refractivity contribution in [2.45, 2.75) is 20.0 Å². The summed E-state index contributed by atoms with van der Waals surface area (Å²) in [7, 11) is 2.07. The molecule has 1 aliphatic heterocycles. The molecule has 0 aromatic heterocycles. The van der Waals surface area contributed by atoms with Crippen LogP contribution in [0.2, 0.25) is 0 Å². The van der Waals surface area contributed by atoms with Crippen LogP contribution in [0.1, 0.15) is 13.8 Å². The topological polar surface area (TPSA) is 15.7 Å². The number of rotatable bonds is 4. The first-order valence-electron chi connectivity index (χ1n) is 4.46. The lowest BCUT2D eigenvalue weighted by atomic mass is 10.4. The summed E-state index contributed by atoms with van der Waals surface area (Å²) in [6.45, 7) is 6.90. The number of ether oxygens (including phenoxy) is 1. The molecule has 0 aromatic carbocycles. The van der Waals surface area contributed by atoms with Crippen molar-refractivity contribution in [1.29, 1.82) is 0 Å². The predicted molar refractivity (Wildman–Crippen MR) is 49.6 cm³/mol. The van der Waals surface area contributed by atoms with Crippen molar-refractivity contribution in [3.63, 3.8) is 0 Å². The van der Waals surface area contributed by atoms with Crippen LogP contribution in [0.5, 0.6) is 0 Å². The minimum absolute atomic E-state index is 0.325. The van der Waals surface area contributed by atoms with Crippen LogP contribution in [0.4, 0.5) is 0 Å². The maximum atomic E-state index is 5.44. The molecule has 70 valence electrons. The van der Waals surface area contributed by atoms with E-state index in [0.29, 0.717) is 6.10 Å². The third-order valence-electron chi connectivity index (χ3n) is 1.88.